The van der Waals surface area contributed by atoms with E-state index in [0.717, 1.165) is 11.3 Å². The molecule has 0 atom stereocenters. The summed E-state index contributed by atoms with van der Waals surface area (Å²) in [5.41, 5.74) is 7.78. The van der Waals surface area contributed by atoms with Crippen molar-refractivity contribution in [1.82, 2.24) is 9.38 Å². The first kappa shape index (κ1) is 10.6. The highest BCUT2D eigenvalue weighted by atomic mass is 16.1. The Morgan fingerprint density at radius 1 is 1.39 bits per heavy atom. The number of hydrogen-bond acceptors (Lipinski definition) is 3. The number of nitrogens with zero attached hydrogens (tertiary/aromatic N) is 3. The van der Waals surface area contributed by atoms with Crippen LogP contribution in [-0.2, 0) is 4.79 Å². The number of rotatable bonds is 2. The smallest absolute Gasteiger partial charge is 0.246 e. The first-order valence-corrected chi connectivity index (χ1v) is 5.60. The van der Waals surface area contributed by atoms with Crippen LogP contribution in [0.25, 0.3) is 5.65 Å². The molecule has 0 bridgehead atoms. The molecule has 2 N–H and O–H groups in total. The molecule has 0 fully saturated rings. The summed E-state index contributed by atoms with van der Waals surface area (Å²) in [6, 6.07) is 3.90. The molecule has 1 aliphatic heterocycles. The number of nitrogens with two attached hydrogens (primary N) is 1. The number of anilines is 1. The number of aromatic nitrogens is 2. The lowest BCUT2D eigenvalue weighted by Crippen LogP contribution is -2.28. The molecule has 5 heteroatoms. The van der Waals surface area contributed by atoms with Gasteiger partial charge in [0.2, 0.25) is 5.91 Å². The molecule has 0 aromatic carbocycles. The summed E-state index contributed by atoms with van der Waals surface area (Å²) >= 11 is 0. The van der Waals surface area contributed by atoms with Crippen molar-refractivity contribution in [2.75, 3.05) is 11.4 Å². The lowest BCUT2D eigenvalue weighted by atomic mass is 10.1. The SMILES string of the molecule is NC(=O)C1=CC=CN(c2ccc3nccn3c2)C1. The van der Waals surface area contributed by atoms with E-state index in [1.54, 1.807) is 12.3 Å². The second-order valence-electron chi connectivity index (χ2n) is 4.11. The Balaban J connectivity index is 1.93. The van der Waals surface area contributed by atoms with Crippen molar-refractivity contribution in [1.29, 1.82) is 0 Å². The van der Waals surface area contributed by atoms with Gasteiger partial charge in [0, 0.05) is 30.4 Å². The van der Waals surface area contributed by atoms with Gasteiger partial charge in [-0.15, -0.1) is 0 Å². The van der Waals surface area contributed by atoms with E-state index in [2.05, 4.69) is 4.98 Å². The maximum Gasteiger partial charge on any atom is 0.246 e. The number of fused-ring (bicyclic) bond motifs is 1. The van der Waals surface area contributed by atoms with Crippen LogP contribution in [0, 0.1) is 0 Å². The summed E-state index contributed by atoms with van der Waals surface area (Å²) in [6.45, 7) is 0.492. The molecule has 2 aromatic rings. The van der Waals surface area contributed by atoms with E-state index in [-0.39, 0.29) is 5.91 Å². The molecule has 0 spiro atoms. The summed E-state index contributed by atoms with van der Waals surface area (Å²) in [7, 11) is 0. The number of imidazole rings is 1. The average molecular weight is 240 g/mol. The predicted molar refractivity (Wildman–Crippen MR) is 69.0 cm³/mol. The molecule has 2 aromatic heterocycles. The van der Waals surface area contributed by atoms with Gasteiger partial charge in [0.1, 0.15) is 5.65 Å². The summed E-state index contributed by atoms with van der Waals surface area (Å²) in [4.78, 5) is 17.3. The van der Waals surface area contributed by atoms with Gasteiger partial charge < -0.3 is 15.0 Å². The molecule has 90 valence electrons. The van der Waals surface area contributed by atoms with E-state index < -0.39 is 0 Å². The quantitative estimate of drug-likeness (QED) is 0.854. The van der Waals surface area contributed by atoms with Crippen LogP contribution >= 0.6 is 0 Å². The number of amides is 1. The summed E-state index contributed by atoms with van der Waals surface area (Å²) < 4.78 is 1.94. The minimum Gasteiger partial charge on any atom is -0.366 e. The van der Waals surface area contributed by atoms with Crippen LogP contribution in [0.2, 0.25) is 0 Å². The Kier molecular flexibility index (Phi) is 2.37. The molecule has 3 heterocycles. The van der Waals surface area contributed by atoms with Crippen molar-refractivity contribution in [2.24, 2.45) is 5.73 Å². The van der Waals surface area contributed by atoms with E-state index in [9.17, 15) is 4.79 Å². The Bertz CT molecular complexity index is 668. The average Bonchev–Trinajstić information content (AvgIpc) is 2.86. The predicted octanol–water partition coefficient (Wildman–Crippen LogP) is 1.08. The van der Waals surface area contributed by atoms with E-state index in [1.807, 2.05) is 46.1 Å². The van der Waals surface area contributed by atoms with Crippen LogP contribution < -0.4 is 10.6 Å². The number of hydrogen-bond donors (Lipinski definition) is 1. The Hall–Kier alpha value is -2.56. The van der Waals surface area contributed by atoms with Gasteiger partial charge in [-0.25, -0.2) is 4.98 Å². The van der Waals surface area contributed by atoms with Crippen molar-refractivity contribution in [2.45, 2.75) is 0 Å². The minimum absolute atomic E-state index is 0.381. The Morgan fingerprint density at radius 2 is 2.28 bits per heavy atom. The zero-order valence-electron chi connectivity index (χ0n) is 9.65. The fourth-order valence-electron chi connectivity index (χ4n) is 1.97. The zero-order chi connectivity index (χ0) is 12.5. The van der Waals surface area contributed by atoms with Gasteiger partial charge in [-0.05, 0) is 18.2 Å². The molecule has 1 aliphatic rings. The van der Waals surface area contributed by atoms with Crippen LogP contribution in [0.3, 0.4) is 0 Å². The number of pyridine rings is 1. The molecule has 5 nitrogen and oxygen atoms in total. The molecular weight excluding hydrogens is 228 g/mol. The maximum atomic E-state index is 11.2. The molecule has 0 aliphatic carbocycles. The van der Waals surface area contributed by atoms with Crippen LogP contribution in [0.15, 0.2) is 54.6 Å². The molecular formula is C13H12N4O. The van der Waals surface area contributed by atoms with E-state index in [4.69, 9.17) is 5.73 Å². The van der Waals surface area contributed by atoms with Gasteiger partial charge in [-0.3, -0.25) is 4.79 Å². The molecule has 18 heavy (non-hydrogen) atoms. The van der Waals surface area contributed by atoms with Crippen LogP contribution in [0.5, 0.6) is 0 Å². The van der Waals surface area contributed by atoms with E-state index >= 15 is 0 Å². The van der Waals surface area contributed by atoms with E-state index in [0.29, 0.717) is 12.1 Å². The fraction of sp³-hybridized carbons (Fsp3) is 0.0769. The first-order chi connectivity index (χ1) is 8.74. The van der Waals surface area contributed by atoms with Crippen molar-refractivity contribution >= 4 is 17.2 Å². The van der Waals surface area contributed by atoms with Crippen molar-refractivity contribution in [3.05, 3.63) is 54.6 Å². The van der Waals surface area contributed by atoms with Crippen LogP contribution in [0.4, 0.5) is 5.69 Å². The second kappa shape index (κ2) is 4.03. The minimum atomic E-state index is -0.381. The number of allylic oxidation sites excluding steroid dienone is 2. The fourth-order valence-corrected chi connectivity index (χ4v) is 1.97. The standard InChI is InChI=1S/C13H12N4O/c14-13(18)10-2-1-6-16(8-10)11-3-4-12-15-5-7-17(12)9-11/h1-7,9H,8H2,(H2,14,18). The molecule has 3 rings (SSSR count). The lowest BCUT2D eigenvalue weighted by Gasteiger charge is -2.23. The molecule has 0 saturated carbocycles. The number of carbonyl (C=O) groups excluding carboxylic acids is 1. The highest BCUT2D eigenvalue weighted by Gasteiger charge is 2.13. The maximum absolute atomic E-state index is 11.2. The van der Waals surface area contributed by atoms with Crippen LogP contribution in [0.1, 0.15) is 0 Å². The summed E-state index contributed by atoms with van der Waals surface area (Å²) in [5.74, 6) is -0.381. The third-order valence-electron chi connectivity index (χ3n) is 2.93. The first-order valence-electron chi connectivity index (χ1n) is 5.60. The van der Waals surface area contributed by atoms with Crippen molar-refractivity contribution in [3.8, 4) is 0 Å². The zero-order valence-corrected chi connectivity index (χ0v) is 9.65. The lowest BCUT2D eigenvalue weighted by molar-refractivity contribution is -0.114. The van der Waals surface area contributed by atoms with Crippen molar-refractivity contribution < 1.29 is 4.79 Å². The van der Waals surface area contributed by atoms with Gasteiger partial charge in [0.05, 0.1) is 12.2 Å². The molecule has 0 unspecified atom stereocenters. The van der Waals surface area contributed by atoms with Gasteiger partial charge >= 0.3 is 0 Å². The van der Waals surface area contributed by atoms with Gasteiger partial charge in [-0.2, -0.15) is 0 Å². The largest absolute Gasteiger partial charge is 0.366 e. The number of primary amides is 1. The molecule has 0 radical (unpaired) electrons. The Labute approximate surface area is 104 Å². The van der Waals surface area contributed by atoms with Crippen molar-refractivity contribution in [3.63, 3.8) is 0 Å². The van der Waals surface area contributed by atoms with Gasteiger partial charge in [0.15, 0.2) is 0 Å². The normalized spacial score (nSPS) is 14.9. The van der Waals surface area contributed by atoms with Gasteiger partial charge in [0.25, 0.3) is 0 Å². The highest BCUT2D eigenvalue weighted by Crippen LogP contribution is 2.19. The molecule has 1 amide bonds. The summed E-state index contributed by atoms with van der Waals surface area (Å²) in [5, 5.41) is 0. The second-order valence-corrected chi connectivity index (χ2v) is 4.11. The Morgan fingerprint density at radius 3 is 3.11 bits per heavy atom. The van der Waals surface area contributed by atoms with Gasteiger partial charge in [-0.1, -0.05) is 6.08 Å². The van der Waals surface area contributed by atoms with E-state index in [1.165, 1.54) is 0 Å². The molecule has 0 saturated heterocycles. The third kappa shape index (κ3) is 1.75. The monoisotopic (exact) mass is 240 g/mol. The summed E-state index contributed by atoms with van der Waals surface area (Å²) in [6.07, 6.45) is 11.1. The topological polar surface area (TPSA) is 63.6 Å². The van der Waals surface area contributed by atoms with Crippen LogP contribution in [-0.4, -0.2) is 21.8 Å². The third-order valence-corrected chi connectivity index (χ3v) is 2.93. The number of carbonyl (C=O) groups is 1. The highest BCUT2D eigenvalue weighted by molar-refractivity contribution is 5.93.